The predicted molar refractivity (Wildman–Crippen MR) is 93.2 cm³/mol. The highest BCUT2D eigenvalue weighted by atomic mass is 16.6. The first-order valence-electron chi connectivity index (χ1n) is 8.45. The fraction of sp³-hybridized carbons (Fsp3) is 0.600. The summed E-state index contributed by atoms with van der Waals surface area (Å²) in [7, 11) is 0. The third-order valence-electron chi connectivity index (χ3n) is 4.24. The topological polar surface area (TPSA) is 43.4 Å². The summed E-state index contributed by atoms with van der Waals surface area (Å²) in [6.45, 7) is 9.55. The molecule has 0 radical (unpaired) electrons. The molecule has 0 fully saturated rings. The molecule has 1 atom stereocenters. The molecule has 0 aliphatic rings. The SMILES string of the molecule is CC[C@](C)(CCc1ccccc1)C(=O)CCC(=O)OC(C)(C)C. The van der Waals surface area contributed by atoms with E-state index in [1.165, 1.54) is 5.56 Å². The molecule has 1 aromatic rings. The van der Waals surface area contributed by atoms with Gasteiger partial charge >= 0.3 is 5.97 Å². The van der Waals surface area contributed by atoms with Gasteiger partial charge in [-0.3, -0.25) is 9.59 Å². The first-order chi connectivity index (χ1) is 10.7. The predicted octanol–water partition coefficient (Wildman–Crippen LogP) is 4.73. The molecule has 0 saturated heterocycles. The molecule has 0 amide bonds. The van der Waals surface area contributed by atoms with Crippen molar-refractivity contribution in [2.45, 2.75) is 72.3 Å². The number of Topliss-reactive ketones (excluding diaryl/α,β-unsaturated/α-hetero) is 1. The molecule has 0 aromatic heterocycles. The number of carbonyl (C=O) groups excluding carboxylic acids is 2. The number of esters is 1. The molecule has 3 heteroatoms. The van der Waals surface area contributed by atoms with Crippen LogP contribution < -0.4 is 0 Å². The van der Waals surface area contributed by atoms with Crippen LogP contribution in [0.25, 0.3) is 0 Å². The van der Waals surface area contributed by atoms with Gasteiger partial charge in [0.15, 0.2) is 0 Å². The van der Waals surface area contributed by atoms with Crippen LogP contribution >= 0.6 is 0 Å². The van der Waals surface area contributed by atoms with E-state index in [1.807, 2.05) is 52.8 Å². The van der Waals surface area contributed by atoms with Crippen LogP contribution in [0.5, 0.6) is 0 Å². The van der Waals surface area contributed by atoms with Gasteiger partial charge in [0.2, 0.25) is 0 Å². The van der Waals surface area contributed by atoms with Crippen LogP contribution in [0, 0.1) is 5.41 Å². The first kappa shape index (κ1) is 19.4. The average molecular weight is 318 g/mol. The molecule has 0 bridgehead atoms. The van der Waals surface area contributed by atoms with Gasteiger partial charge in [-0.15, -0.1) is 0 Å². The maximum atomic E-state index is 12.6. The molecular weight excluding hydrogens is 288 g/mol. The van der Waals surface area contributed by atoms with Crippen molar-refractivity contribution in [2.24, 2.45) is 5.41 Å². The van der Waals surface area contributed by atoms with Crippen LogP contribution in [0.1, 0.15) is 65.9 Å². The van der Waals surface area contributed by atoms with Crippen molar-refractivity contribution in [1.29, 1.82) is 0 Å². The Balaban J connectivity index is 2.54. The van der Waals surface area contributed by atoms with Gasteiger partial charge in [0.25, 0.3) is 0 Å². The van der Waals surface area contributed by atoms with Gasteiger partial charge in [-0.25, -0.2) is 0 Å². The molecule has 1 aromatic carbocycles. The van der Waals surface area contributed by atoms with Crippen molar-refractivity contribution in [2.75, 3.05) is 0 Å². The number of ketones is 1. The van der Waals surface area contributed by atoms with E-state index in [1.54, 1.807) is 0 Å². The van der Waals surface area contributed by atoms with Crippen LogP contribution in [0.15, 0.2) is 30.3 Å². The van der Waals surface area contributed by atoms with Crippen LogP contribution in [-0.4, -0.2) is 17.4 Å². The number of rotatable bonds is 8. The van der Waals surface area contributed by atoms with E-state index in [4.69, 9.17) is 4.74 Å². The molecule has 23 heavy (non-hydrogen) atoms. The quantitative estimate of drug-likeness (QED) is 0.651. The Morgan fingerprint density at radius 1 is 1.00 bits per heavy atom. The van der Waals surface area contributed by atoms with E-state index in [0.29, 0.717) is 0 Å². The lowest BCUT2D eigenvalue weighted by Crippen LogP contribution is -2.29. The molecule has 1 rings (SSSR count). The summed E-state index contributed by atoms with van der Waals surface area (Å²) in [6.07, 6.45) is 2.89. The fourth-order valence-corrected chi connectivity index (χ4v) is 2.49. The molecule has 0 aliphatic carbocycles. The van der Waals surface area contributed by atoms with Gasteiger partial charge in [0.1, 0.15) is 11.4 Å². The van der Waals surface area contributed by atoms with E-state index >= 15 is 0 Å². The van der Waals surface area contributed by atoms with Gasteiger partial charge in [0.05, 0.1) is 6.42 Å². The van der Waals surface area contributed by atoms with Crippen LogP contribution in [0.2, 0.25) is 0 Å². The van der Waals surface area contributed by atoms with Gasteiger partial charge in [-0.05, 0) is 45.6 Å². The van der Waals surface area contributed by atoms with Crippen molar-refractivity contribution in [1.82, 2.24) is 0 Å². The molecular formula is C20H30O3. The third kappa shape index (κ3) is 6.98. The lowest BCUT2D eigenvalue weighted by atomic mass is 9.76. The zero-order chi connectivity index (χ0) is 17.5. The summed E-state index contributed by atoms with van der Waals surface area (Å²) >= 11 is 0. The Bertz CT molecular complexity index is 513. The second kappa shape index (κ2) is 8.28. The first-order valence-corrected chi connectivity index (χ1v) is 8.45. The second-order valence-electron chi connectivity index (χ2n) is 7.41. The third-order valence-corrected chi connectivity index (χ3v) is 4.24. The molecule has 0 spiro atoms. The zero-order valence-corrected chi connectivity index (χ0v) is 15.1. The number of hydrogen-bond acceptors (Lipinski definition) is 3. The second-order valence-corrected chi connectivity index (χ2v) is 7.41. The summed E-state index contributed by atoms with van der Waals surface area (Å²) in [4.78, 5) is 24.4. The Morgan fingerprint density at radius 3 is 2.13 bits per heavy atom. The normalized spacial score (nSPS) is 14.1. The summed E-state index contributed by atoms with van der Waals surface area (Å²) in [5.74, 6) is -0.144. The van der Waals surface area contributed by atoms with Crippen molar-refractivity contribution in [3.8, 4) is 0 Å². The van der Waals surface area contributed by atoms with Gasteiger partial charge in [-0.1, -0.05) is 44.2 Å². The molecule has 128 valence electrons. The zero-order valence-electron chi connectivity index (χ0n) is 15.1. The van der Waals surface area contributed by atoms with Crippen LogP contribution in [-0.2, 0) is 20.7 Å². The Hall–Kier alpha value is -1.64. The molecule has 0 N–H and O–H groups in total. The van der Waals surface area contributed by atoms with Crippen molar-refractivity contribution in [3.05, 3.63) is 35.9 Å². The average Bonchev–Trinajstić information content (AvgIpc) is 2.49. The highest BCUT2D eigenvalue weighted by molar-refractivity contribution is 5.87. The number of ether oxygens (including phenoxy) is 1. The fourth-order valence-electron chi connectivity index (χ4n) is 2.49. The largest absolute Gasteiger partial charge is 0.460 e. The maximum Gasteiger partial charge on any atom is 0.306 e. The summed E-state index contributed by atoms with van der Waals surface area (Å²) in [6, 6.07) is 10.2. The van der Waals surface area contributed by atoms with Crippen molar-refractivity contribution < 1.29 is 14.3 Å². The molecule has 3 nitrogen and oxygen atoms in total. The Kier molecular flexibility index (Phi) is 6.99. The molecule has 0 heterocycles. The van der Waals surface area contributed by atoms with E-state index in [2.05, 4.69) is 12.1 Å². The van der Waals surface area contributed by atoms with Crippen LogP contribution in [0.3, 0.4) is 0 Å². The number of aryl methyl sites for hydroxylation is 1. The minimum Gasteiger partial charge on any atom is -0.460 e. The van der Waals surface area contributed by atoms with Gasteiger partial charge in [0, 0.05) is 11.8 Å². The Morgan fingerprint density at radius 2 is 1.61 bits per heavy atom. The highest BCUT2D eigenvalue weighted by Crippen LogP contribution is 2.30. The summed E-state index contributed by atoms with van der Waals surface area (Å²) in [5, 5.41) is 0. The number of benzene rings is 1. The smallest absolute Gasteiger partial charge is 0.306 e. The van der Waals surface area contributed by atoms with E-state index < -0.39 is 5.60 Å². The number of hydrogen-bond donors (Lipinski definition) is 0. The standard InChI is InChI=1S/C20H30O3/c1-6-20(5,15-14-16-10-8-7-9-11-16)17(21)12-13-18(22)23-19(2,3)4/h7-11H,6,12-15H2,1-5H3/t20-/m1/s1. The minimum absolute atomic E-state index is 0.154. The van der Waals surface area contributed by atoms with Gasteiger partial charge in [-0.2, -0.15) is 0 Å². The van der Waals surface area contributed by atoms with Crippen molar-refractivity contribution >= 4 is 11.8 Å². The molecule has 0 saturated carbocycles. The minimum atomic E-state index is -0.499. The molecule has 0 aliphatic heterocycles. The summed E-state index contributed by atoms with van der Waals surface area (Å²) in [5.41, 5.74) is 0.367. The lowest BCUT2D eigenvalue weighted by Gasteiger charge is -2.27. The highest BCUT2D eigenvalue weighted by Gasteiger charge is 2.31. The van der Waals surface area contributed by atoms with E-state index in [0.717, 1.165) is 19.3 Å². The van der Waals surface area contributed by atoms with E-state index in [9.17, 15) is 9.59 Å². The number of carbonyl (C=O) groups is 2. The lowest BCUT2D eigenvalue weighted by molar-refractivity contribution is -0.156. The summed E-state index contributed by atoms with van der Waals surface area (Å²) < 4.78 is 5.27. The monoisotopic (exact) mass is 318 g/mol. The Labute approximate surface area is 140 Å². The van der Waals surface area contributed by atoms with Crippen molar-refractivity contribution in [3.63, 3.8) is 0 Å². The van der Waals surface area contributed by atoms with E-state index in [-0.39, 0.29) is 30.0 Å². The van der Waals surface area contributed by atoms with Gasteiger partial charge < -0.3 is 4.74 Å². The van der Waals surface area contributed by atoms with Crippen LogP contribution in [0.4, 0.5) is 0 Å². The molecule has 0 unspecified atom stereocenters. The maximum absolute atomic E-state index is 12.6.